The molecule has 5 nitrogen and oxygen atoms in total. The van der Waals surface area contributed by atoms with Crippen molar-refractivity contribution in [1.82, 2.24) is 15.4 Å². The summed E-state index contributed by atoms with van der Waals surface area (Å²) >= 11 is 0. The van der Waals surface area contributed by atoms with E-state index in [4.69, 9.17) is 4.52 Å². The van der Waals surface area contributed by atoms with Crippen molar-refractivity contribution in [3.63, 3.8) is 0 Å². The van der Waals surface area contributed by atoms with E-state index >= 15 is 0 Å². The summed E-state index contributed by atoms with van der Waals surface area (Å²) in [6.45, 7) is 6.14. The van der Waals surface area contributed by atoms with E-state index in [0.717, 1.165) is 37.4 Å². The Morgan fingerprint density at radius 2 is 2.11 bits per heavy atom. The van der Waals surface area contributed by atoms with Gasteiger partial charge in [-0.1, -0.05) is 18.0 Å². The number of likely N-dealkylation sites (tertiary alicyclic amines) is 1. The number of hydrogen-bond donors (Lipinski definition) is 1. The number of nitrogens with one attached hydrogen (secondary N) is 1. The predicted molar refractivity (Wildman–Crippen MR) is 72.6 cm³/mol. The molecular formula is C14H23N3O2. The minimum atomic E-state index is -0.171. The summed E-state index contributed by atoms with van der Waals surface area (Å²) in [4.78, 5) is 14.3. The Hall–Kier alpha value is -1.36. The molecule has 1 aromatic rings. The van der Waals surface area contributed by atoms with Gasteiger partial charge in [0, 0.05) is 25.7 Å². The maximum Gasteiger partial charge on any atom is 0.239 e. The molecule has 1 fully saturated rings. The minimum absolute atomic E-state index is 0.171. The van der Waals surface area contributed by atoms with Crippen LogP contribution in [0, 0.1) is 6.92 Å². The lowest BCUT2D eigenvalue weighted by atomic mass is 10.2. The quantitative estimate of drug-likeness (QED) is 0.903. The molecule has 1 aliphatic rings. The third-order valence-electron chi connectivity index (χ3n) is 3.55. The van der Waals surface area contributed by atoms with Crippen LogP contribution in [0.25, 0.3) is 0 Å². The molecule has 0 bridgehead atoms. The molecule has 0 saturated carbocycles. The van der Waals surface area contributed by atoms with Crippen LogP contribution in [-0.2, 0) is 11.3 Å². The zero-order valence-electron chi connectivity index (χ0n) is 11.8. The number of aromatic nitrogens is 1. The molecule has 1 amide bonds. The van der Waals surface area contributed by atoms with Crippen molar-refractivity contribution in [2.45, 2.75) is 52.1 Å². The van der Waals surface area contributed by atoms with Crippen molar-refractivity contribution in [1.29, 1.82) is 0 Å². The van der Waals surface area contributed by atoms with Gasteiger partial charge in [-0.25, -0.2) is 0 Å². The van der Waals surface area contributed by atoms with E-state index in [9.17, 15) is 4.79 Å². The Labute approximate surface area is 114 Å². The second kappa shape index (κ2) is 6.70. The lowest BCUT2D eigenvalue weighted by Gasteiger charge is -2.24. The summed E-state index contributed by atoms with van der Waals surface area (Å²) in [5.41, 5.74) is 0.841. The van der Waals surface area contributed by atoms with Gasteiger partial charge in [-0.05, 0) is 26.7 Å². The van der Waals surface area contributed by atoms with Crippen molar-refractivity contribution < 1.29 is 9.32 Å². The molecule has 0 aliphatic carbocycles. The summed E-state index contributed by atoms with van der Waals surface area (Å²) < 4.78 is 5.00. The monoisotopic (exact) mass is 265 g/mol. The third kappa shape index (κ3) is 4.06. The number of carbonyl (C=O) groups is 1. The Bertz CT molecular complexity index is 409. The van der Waals surface area contributed by atoms with Crippen LogP contribution in [0.15, 0.2) is 10.6 Å². The highest BCUT2D eigenvalue weighted by atomic mass is 16.5. The van der Waals surface area contributed by atoms with Crippen LogP contribution in [0.4, 0.5) is 0 Å². The molecule has 1 atom stereocenters. The lowest BCUT2D eigenvalue weighted by Crippen LogP contribution is -2.45. The summed E-state index contributed by atoms with van der Waals surface area (Å²) in [7, 11) is 0. The number of rotatable bonds is 4. The highest BCUT2D eigenvalue weighted by Gasteiger charge is 2.21. The van der Waals surface area contributed by atoms with Gasteiger partial charge in [-0.3, -0.25) is 4.79 Å². The Morgan fingerprint density at radius 1 is 1.42 bits per heavy atom. The van der Waals surface area contributed by atoms with Gasteiger partial charge in [0.1, 0.15) is 5.76 Å². The largest absolute Gasteiger partial charge is 0.361 e. The van der Waals surface area contributed by atoms with Crippen molar-refractivity contribution >= 4 is 5.91 Å². The van der Waals surface area contributed by atoms with E-state index in [-0.39, 0.29) is 11.9 Å². The van der Waals surface area contributed by atoms with Crippen LogP contribution in [0.3, 0.4) is 0 Å². The number of nitrogens with zero attached hydrogens (tertiary/aromatic N) is 2. The Balaban J connectivity index is 1.81. The van der Waals surface area contributed by atoms with E-state index in [0.29, 0.717) is 6.54 Å². The molecule has 19 heavy (non-hydrogen) atoms. The smallest absolute Gasteiger partial charge is 0.239 e. The molecule has 2 heterocycles. The van der Waals surface area contributed by atoms with Gasteiger partial charge in [0.25, 0.3) is 0 Å². The van der Waals surface area contributed by atoms with Crippen molar-refractivity contribution in [3.8, 4) is 0 Å². The second-order valence-corrected chi connectivity index (χ2v) is 5.27. The van der Waals surface area contributed by atoms with E-state index in [1.165, 1.54) is 12.8 Å². The molecule has 1 aromatic heterocycles. The summed E-state index contributed by atoms with van der Waals surface area (Å²) in [5, 5.41) is 7.13. The van der Waals surface area contributed by atoms with E-state index in [2.05, 4.69) is 10.5 Å². The van der Waals surface area contributed by atoms with Crippen molar-refractivity contribution in [3.05, 3.63) is 17.5 Å². The number of carbonyl (C=O) groups excluding carboxylic acids is 1. The molecule has 1 N–H and O–H groups in total. The second-order valence-electron chi connectivity index (χ2n) is 5.27. The van der Waals surface area contributed by atoms with Gasteiger partial charge in [0.15, 0.2) is 0 Å². The van der Waals surface area contributed by atoms with E-state index < -0.39 is 0 Å². The SMILES string of the molecule is Cc1cc(CNC(C)C(=O)N2CCCCCC2)no1. The lowest BCUT2D eigenvalue weighted by molar-refractivity contribution is -0.133. The zero-order chi connectivity index (χ0) is 13.7. The highest BCUT2D eigenvalue weighted by Crippen LogP contribution is 2.11. The third-order valence-corrected chi connectivity index (χ3v) is 3.55. The maximum atomic E-state index is 12.3. The maximum absolute atomic E-state index is 12.3. The average molecular weight is 265 g/mol. The van der Waals surface area contributed by atoms with Crippen LogP contribution >= 0.6 is 0 Å². The van der Waals surface area contributed by atoms with Gasteiger partial charge in [0.05, 0.1) is 11.7 Å². The van der Waals surface area contributed by atoms with Crippen LogP contribution in [0.2, 0.25) is 0 Å². The van der Waals surface area contributed by atoms with Gasteiger partial charge in [-0.2, -0.15) is 0 Å². The average Bonchev–Trinajstić information content (AvgIpc) is 2.67. The molecule has 1 unspecified atom stereocenters. The predicted octanol–water partition coefficient (Wildman–Crippen LogP) is 1.86. The fourth-order valence-electron chi connectivity index (χ4n) is 2.41. The summed E-state index contributed by atoms with van der Waals surface area (Å²) in [5.74, 6) is 0.991. The molecule has 2 rings (SSSR count). The molecule has 106 valence electrons. The first-order valence-corrected chi connectivity index (χ1v) is 7.11. The van der Waals surface area contributed by atoms with Crippen LogP contribution in [0.5, 0.6) is 0 Å². The van der Waals surface area contributed by atoms with Gasteiger partial charge in [-0.15, -0.1) is 0 Å². The fraction of sp³-hybridized carbons (Fsp3) is 0.714. The molecule has 1 saturated heterocycles. The van der Waals surface area contributed by atoms with Gasteiger partial charge in [0.2, 0.25) is 5.91 Å². The first kappa shape index (κ1) is 14.1. The summed E-state index contributed by atoms with van der Waals surface area (Å²) in [6.07, 6.45) is 4.73. The first-order valence-electron chi connectivity index (χ1n) is 7.11. The molecule has 0 spiro atoms. The number of aryl methyl sites for hydroxylation is 1. The highest BCUT2D eigenvalue weighted by molar-refractivity contribution is 5.81. The van der Waals surface area contributed by atoms with Crippen LogP contribution < -0.4 is 5.32 Å². The molecule has 0 radical (unpaired) electrons. The van der Waals surface area contributed by atoms with Crippen molar-refractivity contribution in [2.75, 3.05) is 13.1 Å². The Kier molecular flexibility index (Phi) is 4.96. The standard InChI is InChI=1S/C14H23N3O2/c1-11-9-13(16-19-11)10-15-12(2)14(18)17-7-5-3-4-6-8-17/h9,12,15H,3-8,10H2,1-2H3. The Morgan fingerprint density at radius 3 is 2.68 bits per heavy atom. The molecule has 0 aromatic carbocycles. The number of hydrogen-bond acceptors (Lipinski definition) is 4. The van der Waals surface area contributed by atoms with Crippen molar-refractivity contribution in [2.24, 2.45) is 0 Å². The van der Waals surface area contributed by atoms with Crippen LogP contribution in [-0.4, -0.2) is 35.1 Å². The first-order chi connectivity index (χ1) is 9.16. The normalized spacial score (nSPS) is 18.1. The molecule has 5 heteroatoms. The van der Waals surface area contributed by atoms with E-state index in [1.807, 2.05) is 24.8 Å². The number of amides is 1. The van der Waals surface area contributed by atoms with E-state index in [1.54, 1.807) is 0 Å². The van der Waals surface area contributed by atoms with Gasteiger partial charge < -0.3 is 14.7 Å². The summed E-state index contributed by atoms with van der Waals surface area (Å²) in [6, 6.07) is 1.71. The van der Waals surface area contributed by atoms with Crippen LogP contribution in [0.1, 0.15) is 44.1 Å². The minimum Gasteiger partial charge on any atom is -0.361 e. The fourth-order valence-corrected chi connectivity index (χ4v) is 2.41. The molecule has 1 aliphatic heterocycles. The zero-order valence-corrected chi connectivity index (χ0v) is 11.8. The topological polar surface area (TPSA) is 58.4 Å². The van der Waals surface area contributed by atoms with Gasteiger partial charge >= 0.3 is 0 Å². The molecular weight excluding hydrogens is 242 g/mol.